The van der Waals surface area contributed by atoms with Crippen LogP contribution >= 0.6 is 0 Å². The van der Waals surface area contributed by atoms with Gasteiger partial charge in [-0.3, -0.25) is 4.79 Å². The summed E-state index contributed by atoms with van der Waals surface area (Å²) >= 11 is 0. The molecule has 21 heavy (non-hydrogen) atoms. The number of hydrogen-bond donors (Lipinski definition) is 0. The number of hydrogen-bond acceptors (Lipinski definition) is 1. The van der Waals surface area contributed by atoms with Gasteiger partial charge in [0.2, 0.25) is 5.91 Å². The Morgan fingerprint density at radius 3 is 2.24 bits per heavy atom. The number of rotatable bonds is 6. The number of aryl methyl sites for hydroxylation is 1. The summed E-state index contributed by atoms with van der Waals surface area (Å²) in [6, 6.07) is 18.2. The summed E-state index contributed by atoms with van der Waals surface area (Å²) in [5.41, 5.74) is 3.34. The molecule has 0 unspecified atom stereocenters. The van der Waals surface area contributed by atoms with Crippen molar-refractivity contribution in [2.45, 2.75) is 32.6 Å². The van der Waals surface area contributed by atoms with E-state index < -0.39 is 0 Å². The van der Waals surface area contributed by atoms with Gasteiger partial charge in [0.05, 0.1) is 6.42 Å². The van der Waals surface area contributed by atoms with Gasteiger partial charge < -0.3 is 4.90 Å². The van der Waals surface area contributed by atoms with Crippen molar-refractivity contribution < 1.29 is 4.79 Å². The molecule has 0 atom stereocenters. The highest BCUT2D eigenvalue weighted by Crippen LogP contribution is 2.16. The molecule has 2 rings (SSSR count). The molecule has 2 heteroatoms. The summed E-state index contributed by atoms with van der Waals surface area (Å²) in [4.78, 5) is 14.0. The van der Waals surface area contributed by atoms with E-state index in [4.69, 9.17) is 0 Å². The van der Waals surface area contributed by atoms with Gasteiger partial charge in [0.15, 0.2) is 0 Å². The Kier molecular flexibility index (Phi) is 5.56. The van der Waals surface area contributed by atoms with E-state index in [1.807, 2.05) is 49.5 Å². The fourth-order valence-electron chi connectivity index (χ4n) is 2.30. The molecule has 0 spiro atoms. The van der Waals surface area contributed by atoms with E-state index in [1.54, 1.807) is 4.90 Å². The smallest absolute Gasteiger partial charge is 0.231 e. The minimum Gasteiger partial charge on any atom is -0.315 e. The zero-order valence-electron chi connectivity index (χ0n) is 12.9. The number of carbonyl (C=O) groups excluding carboxylic acids is 1. The molecule has 0 aliphatic heterocycles. The SMILES string of the molecule is CCCCc1ccc(N(C)C(=O)Cc2ccccc2)cc1. The van der Waals surface area contributed by atoms with Crippen LogP contribution in [0.3, 0.4) is 0 Å². The summed E-state index contributed by atoms with van der Waals surface area (Å²) in [5.74, 6) is 0.113. The molecule has 0 aliphatic rings. The second-order valence-electron chi connectivity index (χ2n) is 5.39. The lowest BCUT2D eigenvalue weighted by molar-refractivity contribution is -0.117. The molecule has 2 aromatic carbocycles. The molecule has 0 saturated carbocycles. The third kappa shape index (κ3) is 4.45. The van der Waals surface area contributed by atoms with Crippen LogP contribution in [0.15, 0.2) is 54.6 Å². The van der Waals surface area contributed by atoms with E-state index in [1.165, 1.54) is 18.4 Å². The maximum Gasteiger partial charge on any atom is 0.231 e. The highest BCUT2D eigenvalue weighted by Gasteiger charge is 2.11. The predicted molar refractivity (Wildman–Crippen MR) is 88.6 cm³/mol. The molecule has 0 heterocycles. The Labute approximate surface area is 127 Å². The first kappa shape index (κ1) is 15.3. The van der Waals surface area contributed by atoms with Gasteiger partial charge in [-0.2, -0.15) is 0 Å². The molecule has 0 fully saturated rings. The first-order valence-corrected chi connectivity index (χ1v) is 7.60. The van der Waals surface area contributed by atoms with Gasteiger partial charge in [0, 0.05) is 12.7 Å². The summed E-state index contributed by atoms with van der Waals surface area (Å²) in [7, 11) is 1.84. The van der Waals surface area contributed by atoms with E-state index in [0.29, 0.717) is 6.42 Å². The van der Waals surface area contributed by atoms with Crippen LogP contribution in [0.25, 0.3) is 0 Å². The van der Waals surface area contributed by atoms with E-state index >= 15 is 0 Å². The van der Waals surface area contributed by atoms with Crippen molar-refractivity contribution in [2.75, 3.05) is 11.9 Å². The lowest BCUT2D eigenvalue weighted by Gasteiger charge is -2.18. The van der Waals surface area contributed by atoms with E-state index in [0.717, 1.165) is 17.7 Å². The van der Waals surface area contributed by atoms with Crippen LogP contribution in [-0.2, 0) is 17.6 Å². The van der Waals surface area contributed by atoms with Gasteiger partial charge in [0.25, 0.3) is 0 Å². The number of anilines is 1. The summed E-state index contributed by atoms with van der Waals surface area (Å²) < 4.78 is 0. The van der Waals surface area contributed by atoms with Crippen molar-refractivity contribution in [3.05, 3.63) is 65.7 Å². The standard InChI is InChI=1S/C19H23NO/c1-3-4-8-16-11-13-18(14-12-16)20(2)19(21)15-17-9-6-5-7-10-17/h5-7,9-14H,3-4,8,15H2,1-2H3. The second kappa shape index (κ2) is 7.63. The van der Waals surface area contributed by atoms with Gasteiger partial charge in [-0.25, -0.2) is 0 Å². The highest BCUT2D eigenvalue weighted by atomic mass is 16.2. The molecule has 1 amide bonds. The molecule has 2 nitrogen and oxygen atoms in total. The number of nitrogens with zero attached hydrogens (tertiary/aromatic N) is 1. The molecular weight excluding hydrogens is 258 g/mol. The van der Waals surface area contributed by atoms with E-state index in [2.05, 4.69) is 19.1 Å². The van der Waals surface area contributed by atoms with Gasteiger partial charge in [0.1, 0.15) is 0 Å². The topological polar surface area (TPSA) is 20.3 Å². The van der Waals surface area contributed by atoms with Gasteiger partial charge in [-0.1, -0.05) is 55.8 Å². The lowest BCUT2D eigenvalue weighted by Crippen LogP contribution is -2.27. The maximum atomic E-state index is 12.3. The van der Waals surface area contributed by atoms with Gasteiger partial charge in [-0.05, 0) is 36.1 Å². The molecule has 110 valence electrons. The van der Waals surface area contributed by atoms with Crippen LogP contribution in [0.5, 0.6) is 0 Å². The summed E-state index contributed by atoms with van der Waals surface area (Å²) in [6.07, 6.45) is 3.97. The van der Waals surface area contributed by atoms with Crippen LogP contribution < -0.4 is 4.90 Å². The molecule has 0 bridgehead atoms. The summed E-state index contributed by atoms with van der Waals surface area (Å²) in [6.45, 7) is 2.20. The largest absolute Gasteiger partial charge is 0.315 e. The monoisotopic (exact) mass is 281 g/mol. The van der Waals surface area contributed by atoms with Crippen LogP contribution in [-0.4, -0.2) is 13.0 Å². The zero-order valence-corrected chi connectivity index (χ0v) is 12.9. The zero-order chi connectivity index (χ0) is 15.1. The van der Waals surface area contributed by atoms with Crippen molar-refractivity contribution in [2.24, 2.45) is 0 Å². The Bertz CT molecular complexity index is 560. The van der Waals surface area contributed by atoms with Gasteiger partial charge >= 0.3 is 0 Å². The average molecular weight is 281 g/mol. The van der Waals surface area contributed by atoms with Crippen LogP contribution in [0, 0.1) is 0 Å². The number of benzene rings is 2. The van der Waals surface area contributed by atoms with E-state index in [9.17, 15) is 4.79 Å². The number of carbonyl (C=O) groups is 1. The first-order chi connectivity index (χ1) is 10.2. The van der Waals surface area contributed by atoms with Crippen molar-refractivity contribution in [3.63, 3.8) is 0 Å². The average Bonchev–Trinajstić information content (AvgIpc) is 2.53. The highest BCUT2D eigenvalue weighted by molar-refractivity contribution is 5.94. The fraction of sp³-hybridized carbons (Fsp3) is 0.316. The Morgan fingerprint density at radius 2 is 1.62 bits per heavy atom. The molecule has 2 aromatic rings. The van der Waals surface area contributed by atoms with Gasteiger partial charge in [-0.15, -0.1) is 0 Å². The van der Waals surface area contributed by atoms with Crippen molar-refractivity contribution in [1.29, 1.82) is 0 Å². The maximum absolute atomic E-state index is 12.3. The van der Waals surface area contributed by atoms with Crippen molar-refractivity contribution in [3.8, 4) is 0 Å². The number of amides is 1. The van der Waals surface area contributed by atoms with Crippen LogP contribution in [0.1, 0.15) is 30.9 Å². The third-order valence-electron chi connectivity index (χ3n) is 3.71. The molecular formula is C19H23NO. The molecule has 0 saturated heterocycles. The lowest BCUT2D eigenvalue weighted by atomic mass is 10.1. The number of unbranched alkanes of at least 4 members (excludes halogenated alkanes) is 1. The molecule has 0 aromatic heterocycles. The normalized spacial score (nSPS) is 10.4. The summed E-state index contributed by atoms with van der Waals surface area (Å²) in [5, 5.41) is 0. The van der Waals surface area contributed by atoms with Crippen molar-refractivity contribution >= 4 is 11.6 Å². The van der Waals surface area contributed by atoms with Crippen molar-refractivity contribution in [1.82, 2.24) is 0 Å². The number of likely N-dealkylation sites (N-methyl/N-ethyl adjacent to an activating group) is 1. The second-order valence-corrected chi connectivity index (χ2v) is 5.39. The quantitative estimate of drug-likeness (QED) is 0.775. The van der Waals surface area contributed by atoms with E-state index in [-0.39, 0.29) is 5.91 Å². The minimum absolute atomic E-state index is 0.113. The Morgan fingerprint density at radius 1 is 0.952 bits per heavy atom. The third-order valence-corrected chi connectivity index (χ3v) is 3.71. The van der Waals surface area contributed by atoms with Crippen LogP contribution in [0.2, 0.25) is 0 Å². The molecule has 0 radical (unpaired) electrons. The van der Waals surface area contributed by atoms with Crippen LogP contribution in [0.4, 0.5) is 5.69 Å². The molecule has 0 aliphatic carbocycles. The Hall–Kier alpha value is -2.09. The Balaban J connectivity index is 1.98. The minimum atomic E-state index is 0.113. The molecule has 0 N–H and O–H groups in total. The first-order valence-electron chi connectivity index (χ1n) is 7.60. The predicted octanol–water partition coefficient (Wildman–Crippen LogP) is 4.23. The fourth-order valence-corrected chi connectivity index (χ4v) is 2.30.